The zero-order valence-electron chi connectivity index (χ0n) is 17.8. The number of sulfonamides is 1. The maximum Gasteiger partial charge on any atom is 0.238 e. The molecule has 0 saturated carbocycles. The molecule has 0 aliphatic rings. The van der Waals surface area contributed by atoms with Gasteiger partial charge < -0.3 is 5.32 Å². The summed E-state index contributed by atoms with van der Waals surface area (Å²) >= 11 is 1.21. The minimum absolute atomic E-state index is 0.0396. The Morgan fingerprint density at radius 1 is 0.971 bits per heavy atom. The highest BCUT2D eigenvalue weighted by molar-refractivity contribution is 7.99. The van der Waals surface area contributed by atoms with Crippen molar-refractivity contribution in [2.75, 3.05) is 11.1 Å². The van der Waals surface area contributed by atoms with Crippen LogP contribution in [0.3, 0.4) is 0 Å². The number of hydrogen-bond donors (Lipinski definition) is 2. The number of nitrogens with zero attached hydrogens (tertiary/aromatic N) is 3. The van der Waals surface area contributed by atoms with Crippen molar-refractivity contribution in [2.45, 2.75) is 16.6 Å². The van der Waals surface area contributed by atoms with E-state index in [1.165, 1.54) is 48.2 Å². The lowest BCUT2D eigenvalue weighted by atomic mass is 10.2. The predicted molar refractivity (Wildman–Crippen MR) is 128 cm³/mol. The zero-order valence-corrected chi connectivity index (χ0v) is 19.4. The highest BCUT2D eigenvalue weighted by atomic mass is 32.2. The molecular weight excluding hydrogens is 477 g/mol. The largest absolute Gasteiger partial charge is 0.325 e. The van der Waals surface area contributed by atoms with Crippen molar-refractivity contribution in [2.24, 2.45) is 5.14 Å². The van der Waals surface area contributed by atoms with Crippen molar-refractivity contribution >= 4 is 33.4 Å². The Morgan fingerprint density at radius 2 is 1.65 bits per heavy atom. The van der Waals surface area contributed by atoms with Crippen molar-refractivity contribution in [1.82, 2.24) is 14.8 Å². The number of aromatic nitrogens is 3. The number of halogens is 1. The Labute approximate surface area is 200 Å². The normalized spacial score (nSPS) is 11.4. The lowest BCUT2D eigenvalue weighted by Crippen LogP contribution is -2.15. The van der Waals surface area contributed by atoms with Crippen LogP contribution >= 0.6 is 11.8 Å². The second-order valence-corrected chi connectivity index (χ2v) is 9.79. The Hall–Kier alpha value is -3.54. The second kappa shape index (κ2) is 10.2. The summed E-state index contributed by atoms with van der Waals surface area (Å²) in [5, 5.41) is 16.9. The molecule has 0 aliphatic carbocycles. The van der Waals surface area contributed by atoms with Crippen LogP contribution in [0.4, 0.5) is 10.1 Å². The third-order valence-corrected chi connectivity index (χ3v) is 6.70. The first-order chi connectivity index (χ1) is 16.3. The van der Waals surface area contributed by atoms with E-state index >= 15 is 0 Å². The van der Waals surface area contributed by atoms with Crippen LogP contribution in [0.2, 0.25) is 0 Å². The molecule has 0 saturated heterocycles. The average molecular weight is 498 g/mol. The fraction of sp³-hybridized carbons (Fsp3) is 0.0870. The Morgan fingerprint density at radius 3 is 2.29 bits per heavy atom. The van der Waals surface area contributed by atoms with Crippen molar-refractivity contribution < 1.29 is 17.6 Å². The first kappa shape index (κ1) is 23.6. The molecule has 174 valence electrons. The van der Waals surface area contributed by atoms with Crippen molar-refractivity contribution in [3.05, 3.63) is 90.2 Å². The zero-order chi connectivity index (χ0) is 24.1. The van der Waals surface area contributed by atoms with Gasteiger partial charge in [-0.05, 0) is 54.1 Å². The standard InChI is InChI=1S/C23H20FN5O3S2/c24-18-8-6-17(7-9-18)22-27-28-23(29(22)14-16-4-2-1-3-5-16)33-15-21(30)26-19-10-12-20(13-11-19)34(25,31)32/h1-13H,14-15H2,(H,26,30)(H2,25,31,32). The van der Waals surface area contributed by atoms with Gasteiger partial charge in [-0.2, -0.15) is 0 Å². The van der Waals surface area contributed by atoms with Gasteiger partial charge in [0.2, 0.25) is 15.9 Å². The van der Waals surface area contributed by atoms with E-state index in [0.717, 1.165) is 5.56 Å². The topological polar surface area (TPSA) is 120 Å². The molecule has 3 N–H and O–H groups in total. The SMILES string of the molecule is NS(=O)(=O)c1ccc(NC(=O)CSc2nnc(-c3ccc(F)cc3)n2Cc2ccccc2)cc1. The van der Waals surface area contributed by atoms with Crippen LogP contribution in [-0.2, 0) is 21.4 Å². The van der Waals surface area contributed by atoms with Crippen LogP contribution in [-0.4, -0.2) is 34.8 Å². The van der Waals surface area contributed by atoms with Crippen molar-refractivity contribution in [3.63, 3.8) is 0 Å². The highest BCUT2D eigenvalue weighted by Crippen LogP contribution is 2.26. The van der Waals surface area contributed by atoms with E-state index in [9.17, 15) is 17.6 Å². The quantitative estimate of drug-likeness (QED) is 0.360. The Bertz CT molecular complexity index is 1390. The monoisotopic (exact) mass is 497 g/mol. The van der Waals surface area contributed by atoms with Gasteiger partial charge >= 0.3 is 0 Å². The molecule has 0 bridgehead atoms. The maximum absolute atomic E-state index is 13.4. The molecule has 4 rings (SSSR count). The van der Waals surface area contributed by atoms with E-state index < -0.39 is 10.0 Å². The fourth-order valence-electron chi connectivity index (χ4n) is 3.17. The number of nitrogens with one attached hydrogen (secondary N) is 1. The number of anilines is 1. The number of hydrogen-bond acceptors (Lipinski definition) is 6. The predicted octanol–water partition coefficient (Wildman–Crippen LogP) is 3.51. The van der Waals surface area contributed by atoms with Crippen molar-refractivity contribution in [3.8, 4) is 11.4 Å². The maximum atomic E-state index is 13.4. The van der Waals surface area contributed by atoms with E-state index in [1.54, 1.807) is 12.1 Å². The number of rotatable bonds is 8. The van der Waals surface area contributed by atoms with Gasteiger partial charge in [-0.1, -0.05) is 42.1 Å². The van der Waals surface area contributed by atoms with Crippen LogP contribution < -0.4 is 10.5 Å². The number of carbonyl (C=O) groups is 1. The van der Waals surface area contributed by atoms with Crippen LogP contribution in [0.5, 0.6) is 0 Å². The molecule has 0 aliphatic heterocycles. The summed E-state index contributed by atoms with van der Waals surface area (Å²) in [5.41, 5.74) is 2.17. The van der Waals surface area contributed by atoms with Gasteiger partial charge in [-0.15, -0.1) is 10.2 Å². The van der Waals surface area contributed by atoms with Gasteiger partial charge in [0.05, 0.1) is 17.2 Å². The summed E-state index contributed by atoms with van der Waals surface area (Å²) in [6, 6.07) is 21.3. The minimum Gasteiger partial charge on any atom is -0.325 e. The van der Waals surface area contributed by atoms with Crippen LogP contribution in [0.15, 0.2) is 88.9 Å². The van der Waals surface area contributed by atoms with Crippen LogP contribution in [0, 0.1) is 5.82 Å². The molecule has 0 radical (unpaired) electrons. The van der Waals surface area contributed by atoms with Crippen molar-refractivity contribution in [1.29, 1.82) is 0 Å². The van der Waals surface area contributed by atoms with Gasteiger partial charge in [0.1, 0.15) is 5.82 Å². The lowest BCUT2D eigenvalue weighted by molar-refractivity contribution is -0.113. The Kier molecular flexibility index (Phi) is 7.06. The summed E-state index contributed by atoms with van der Waals surface area (Å²) in [6.45, 7) is 0.472. The van der Waals surface area contributed by atoms with E-state index in [0.29, 0.717) is 28.8 Å². The molecule has 34 heavy (non-hydrogen) atoms. The first-order valence-electron chi connectivity index (χ1n) is 10.1. The molecule has 1 amide bonds. The van der Waals surface area contributed by atoms with Gasteiger partial charge in [0.25, 0.3) is 0 Å². The van der Waals surface area contributed by atoms with E-state index in [1.807, 2.05) is 34.9 Å². The molecule has 0 unspecified atom stereocenters. The van der Waals surface area contributed by atoms with Gasteiger partial charge in [-0.25, -0.2) is 17.9 Å². The molecule has 11 heteroatoms. The number of nitrogens with two attached hydrogens (primary N) is 1. The third-order valence-electron chi connectivity index (χ3n) is 4.80. The molecule has 1 heterocycles. The van der Waals surface area contributed by atoms with Crippen LogP contribution in [0.25, 0.3) is 11.4 Å². The Balaban J connectivity index is 1.50. The van der Waals surface area contributed by atoms with E-state index in [4.69, 9.17) is 5.14 Å². The first-order valence-corrected chi connectivity index (χ1v) is 12.6. The summed E-state index contributed by atoms with van der Waals surface area (Å²) < 4.78 is 38.0. The van der Waals surface area contributed by atoms with E-state index in [2.05, 4.69) is 15.5 Å². The van der Waals surface area contributed by atoms with E-state index in [-0.39, 0.29) is 22.4 Å². The van der Waals surface area contributed by atoms with Gasteiger partial charge in [-0.3, -0.25) is 9.36 Å². The molecule has 4 aromatic rings. The molecular formula is C23H20FN5O3S2. The molecule has 1 aromatic heterocycles. The van der Waals surface area contributed by atoms with Gasteiger partial charge in [0, 0.05) is 11.3 Å². The highest BCUT2D eigenvalue weighted by Gasteiger charge is 2.17. The molecule has 8 nitrogen and oxygen atoms in total. The summed E-state index contributed by atoms with van der Waals surface area (Å²) in [7, 11) is -3.80. The molecule has 0 fully saturated rings. The minimum atomic E-state index is -3.80. The summed E-state index contributed by atoms with van der Waals surface area (Å²) in [4.78, 5) is 12.4. The lowest BCUT2D eigenvalue weighted by Gasteiger charge is -2.11. The number of carbonyl (C=O) groups excluding carboxylic acids is 1. The second-order valence-electron chi connectivity index (χ2n) is 7.29. The number of benzene rings is 3. The number of thioether (sulfide) groups is 1. The molecule has 0 spiro atoms. The number of amides is 1. The molecule has 3 aromatic carbocycles. The number of primary sulfonamides is 1. The van der Waals surface area contributed by atoms with Crippen LogP contribution in [0.1, 0.15) is 5.56 Å². The average Bonchev–Trinajstić information content (AvgIpc) is 3.21. The molecule has 0 atom stereocenters. The van der Waals surface area contributed by atoms with Gasteiger partial charge in [0.15, 0.2) is 11.0 Å². The fourth-order valence-corrected chi connectivity index (χ4v) is 4.42. The third kappa shape index (κ3) is 5.87. The summed E-state index contributed by atoms with van der Waals surface area (Å²) in [5.74, 6) is -0.0367. The summed E-state index contributed by atoms with van der Waals surface area (Å²) in [6.07, 6.45) is 0. The smallest absolute Gasteiger partial charge is 0.238 e.